The fourth-order valence-corrected chi connectivity index (χ4v) is 7.44. The van der Waals surface area contributed by atoms with E-state index in [1.807, 2.05) is 44.2 Å². The quantitative estimate of drug-likeness (QED) is 0.305. The number of sulfonamides is 1. The average molecular weight is 562 g/mol. The molecule has 0 unspecified atom stereocenters. The Balaban J connectivity index is 1.65. The molecule has 1 aliphatic heterocycles. The van der Waals surface area contributed by atoms with E-state index in [2.05, 4.69) is 0 Å². The molecule has 1 heterocycles. The molecule has 39 heavy (non-hydrogen) atoms. The van der Waals surface area contributed by atoms with E-state index in [-0.39, 0.29) is 49.0 Å². The number of hydrogen-bond acceptors (Lipinski definition) is 7. The van der Waals surface area contributed by atoms with Crippen molar-refractivity contribution >= 4 is 21.8 Å². The largest absolute Gasteiger partial charge is 0.465 e. The molecule has 11 heteroatoms. The molecule has 2 fully saturated rings. The summed E-state index contributed by atoms with van der Waals surface area (Å²) < 4.78 is 34.2. The van der Waals surface area contributed by atoms with Crippen LogP contribution in [-0.4, -0.2) is 89.1 Å². The van der Waals surface area contributed by atoms with Crippen molar-refractivity contribution in [3.05, 3.63) is 60.2 Å². The van der Waals surface area contributed by atoms with E-state index in [1.54, 1.807) is 0 Å². The number of aliphatic hydroxyl groups is 2. The molecule has 1 amide bonds. The van der Waals surface area contributed by atoms with Crippen molar-refractivity contribution in [1.82, 2.24) is 9.21 Å². The first kappa shape index (κ1) is 29.3. The zero-order valence-corrected chi connectivity index (χ0v) is 23.2. The van der Waals surface area contributed by atoms with Crippen LogP contribution in [0.1, 0.15) is 32.3 Å². The van der Waals surface area contributed by atoms with E-state index in [1.165, 1.54) is 33.5 Å². The number of hydrogen-bond donors (Lipinski definition) is 4. The average Bonchev–Trinajstić information content (AvgIpc) is 3.45. The standard InChI is InChI=1S/C28H39N3O7S/c1-18(2)15-30(39(36,37)22-10-8-20(29)9-11-22)16-25(32)24(12-19-6-4-3-5-7-19)31(28(34)35)21-13-23-26(33)17-38-27(23)14-21/h3-11,18,21,23-27,32-33H,12-17,29H2,1-2H3,(H,34,35)/t21-,23-,24+,25-,26+,27-/m1/s1. The number of carboxylic acid groups (broad SMARTS) is 1. The first-order chi connectivity index (χ1) is 18.5. The number of carbonyl (C=O) groups is 1. The fraction of sp³-hybridized carbons (Fsp3) is 0.536. The Bertz CT molecular complexity index is 1210. The van der Waals surface area contributed by atoms with Gasteiger partial charge in [0.05, 0.1) is 35.9 Å². The molecule has 1 aliphatic carbocycles. The van der Waals surface area contributed by atoms with Crippen LogP contribution >= 0.6 is 0 Å². The van der Waals surface area contributed by atoms with Gasteiger partial charge in [-0.05, 0) is 55.0 Å². The van der Waals surface area contributed by atoms with E-state index in [4.69, 9.17) is 10.5 Å². The summed E-state index contributed by atoms with van der Waals surface area (Å²) in [4.78, 5) is 14.0. The first-order valence-electron chi connectivity index (χ1n) is 13.4. The van der Waals surface area contributed by atoms with Gasteiger partial charge >= 0.3 is 6.09 Å². The highest BCUT2D eigenvalue weighted by Gasteiger charge is 2.49. The lowest BCUT2D eigenvalue weighted by molar-refractivity contribution is 0.00985. The Morgan fingerprint density at radius 2 is 1.74 bits per heavy atom. The summed E-state index contributed by atoms with van der Waals surface area (Å²) in [6, 6.07) is 13.7. The van der Waals surface area contributed by atoms with Crippen molar-refractivity contribution < 1.29 is 33.3 Å². The lowest BCUT2D eigenvalue weighted by Crippen LogP contribution is -2.55. The van der Waals surface area contributed by atoms with E-state index in [0.29, 0.717) is 18.5 Å². The van der Waals surface area contributed by atoms with Gasteiger partial charge in [-0.1, -0.05) is 44.2 Å². The summed E-state index contributed by atoms with van der Waals surface area (Å²) in [5.41, 5.74) is 7.00. The second kappa shape index (κ2) is 12.2. The van der Waals surface area contributed by atoms with Gasteiger partial charge in [-0.3, -0.25) is 4.90 Å². The minimum absolute atomic E-state index is 0.0447. The highest BCUT2D eigenvalue weighted by molar-refractivity contribution is 7.89. The molecule has 2 aliphatic rings. The summed E-state index contributed by atoms with van der Waals surface area (Å²) in [5, 5.41) is 32.3. The Hall–Kier alpha value is -2.70. The second-order valence-electron chi connectivity index (χ2n) is 11.0. The number of nitrogens with zero attached hydrogens (tertiary/aromatic N) is 2. The highest BCUT2D eigenvalue weighted by atomic mass is 32.2. The van der Waals surface area contributed by atoms with E-state index in [9.17, 15) is 28.5 Å². The van der Waals surface area contributed by atoms with Crippen LogP contribution in [0, 0.1) is 11.8 Å². The third-order valence-electron chi connectivity index (χ3n) is 7.68. The van der Waals surface area contributed by atoms with Crippen LogP contribution in [0.5, 0.6) is 0 Å². The van der Waals surface area contributed by atoms with Gasteiger partial charge in [0.2, 0.25) is 10.0 Å². The second-order valence-corrected chi connectivity index (χ2v) is 13.0. The summed E-state index contributed by atoms with van der Waals surface area (Å²) >= 11 is 0. The number of ether oxygens (including phenoxy) is 1. The topological polar surface area (TPSA) is 154 Å². The Morgan fingerprint density at radius 1 is 1.08 bits per heavy atom. The van der Waals surface area contributed by atoms with Crippen LogP contribution in [0.25, 0.3) is 0 Å². The van der Waals surface area contributed by atoms with Crippen LogP contribution in [0.2, 0.25) is 0 Å². The van der Waals surface area contributed by atoms with Gasteiger partial charge in [0.15, 0.2) is 0 Å². The van der Waals surface area contributed by atoms with Crippen molar-refractivity contribution in [3.8, 4) is 0 Å². The Labute approximate surface area is 230 Å². The van der Waals surface area contributed by atoms with E-state index in [0.717, 1.165) is 5.56 Å². The maximum Gasteiger partial charge on any atom is 0.407 e. The van der Waals surface area contributed by atoms with Gasteiger partial charge in [-0.2, -0.15) is 4.31 Å². The summed E-state index contributed by atoms with van der Waals surface area (Å²) in [6.07, 6.45) is -2.41. The number of nitrogens with two attached hydrogens (primary N) is 1. The van der Waals surface area contributed by atoms with Gasteiger partial charge in [-0.15, -0.1) is 0 Å². The lowest BCUT2D eigenvalue weighted by atomic mass is 9.96. The molecule has 1 saturated carbocycles. The number of nitrogen functional groups attached to an aromatic ring is 1. The Kier molecular flexibility index (Phi) is 9.18. The zero-order valence-electron chi connectivity index (χ0n) is 22.3. The third-order valence-corrected chi connectivity index (χ3v) is 9.53. The maximum absolute atomic E-state index is 13.6. The highest BCUT2D eigenvalue weighted by Crippen LogP contribution is 2.40. The van der Waals surface area contributed by atoms with E-state index >= 15 is 0 Å². The van der Waals surface area contributed by atoms with Crippen LogP contribution in [0.15, 0.2) is 59.5 Å². The summed E-state index contributed by atoms with van der Waals surface area (Å²) in [6.45, 7) is 3.85. The summed E-state index contributed by atoms with van der Waals surface area (Å²) in [5.74, 6) is -0.216. The van der Waals surface area contributed by atoms with Crippen molar-refractivity contribution in [3.63, 3.8) is 0 Å². The van der Waals surface area contributed by atoms with Gasteiger partial charge in [0.25, 0.3) is 0 Å². The fourth-order valence-electron chi connectivity index (χ4n) is 5.82. The van der Waals surface area contributed by atoms with Crippen molar-refractivity contribution in [1.29, 1.82) is 0 Å². The van der Waals surface area contributed by atoms with Crippen molar-refractivity contribution in [2.75, 3.05) is 25.4 Å². The van der Waals surface area contributed by atoms with Crippen LogP contribution in [0.4, 0.5) is 10.5 Å². The summed E-state index contributed by atoms with van der Waals surface area (Å²) in [7, 11) is -4.00. The molecule has 0 spiro atoms. The number of benzene rings is 2. The van der Waals surface area contributed by atoms with Crippen molar-refractivity contribution in [2.24, 2.45) is 11.8 Å². The number of amides is 1. The minimum atomic E-state index is -4.00. The molecule has 6 atom stereocenters. The molecule has 0 aromatic heterocycles. The van der Waals surface area contributed by atoms with Crippen LogP contribution in [-0.2, 0) is 21.2 Å². The molecule has 0 bridgehead atoms. The zero-order chi connectivity index (χ0) is 28.3. The van der Waals surface area contributed by atoms with Crippen LogP contribution in [0.3, 0.4) is 0 Å². The first-order valence-corrected chi connectivity index (χ1v) is 14.8. The van der Waals surface area contributed by atoms with Crippen molar-refractivity contribution in [2.45, 2.75) is 68.4 Å². The number of aliphatic hydroxyl groups excluding tert-OH is 2. The molecule has 10 nitrogen and oxygen atoms in total. The minimum Gasteiger partial charge on any atom is -0.465 e. The SMILES string of the molecule is CC(C)CN(C[C@@H](O)[C@H](Cc1ccccc1)N(C(=O)O)[C@@H]1C[C@@H]2[C@@H](O)CO[C@@H]2C1)S(=O)(=O)c1ccc(N)cc1. The lowest BCUT2D eigenvalue weighted by Gasteiger charge is -2.39. The predicted octanol–water partition coefficient (Wildman–Crippen LogP) is 2.41. The molecule has 2 aromatic rings. The van der Waals surface area contributed by atoms with Gasteiger partial charge in [0, 0.05) is 30.7 Å². The number of anilines is 1. The normalized spacial score (nSPS) is 24.6. The molecular formula is C28H39N3O7S. The molecule has 0 radical (unpaired) electrons. The van der Waals surface area contributed by atoms with Gasteiger partial charge in [0.1, 0.15) is 0 Å². The molecule has 214 valence electrons. The molecule has 2 aromatic carbocycles. The monoisotopic (exact) mass is 561 g/mol. The van der Waals surface area contributed by atoms with Crippen LogP contribution < -0.4 is 5.73 Å². The molecule has 1 saturated heterocycles. The smallest absolute Gasteiger partial charge is 0.407 e. The third kappa shape index (κ3) is 6.72. The number of rotatable bonds is 11. The number of fused-ring (bicyclic) bond motifs is 1. The molecular weight excluding hydrogens is 522 g/mol. The van der Waals surface area contributed by atoms with Gasteiger partial charge in [-0.25, -0.2) is 13.2 Å². The predicted molar refractivity (Wildman–Crippen MR) is 147 cm³/mol. The van der Waals surface area contributed by atoms with E-state index < -0.39 is 40.4 Å². The van der Waals surface area contributed by atoms with Gasteiger partial charge < -0.3 is 25.8 Å². The molecule has 4 rings (SSSR count). The Morgan fingerprint density at radius 3 is 2.33 bits per heavy atom. The molecule has 5 N–H and O–H groups in total. The maximum atomic E-state index is 13.6.